The van der Waals surface area contributed by atoms with Gasteiger partial charge < -0.3 is 4.74 Å². The van der Waals surface area contributed by atoms with Crippen LogP contribution >= 0.6 is 11.3 Å². The number of ether oxygens (including phenoxy) is 1. The van der Waals surface area contributed by atoms with E-state index >= 15 is 0 Å². The molecule has 0 unspecified atom stereocenters. The van der Waals surface area contributed by atoms with Crippen molar-refractivity contribution in [2.24, 2.45) is 0 Å². The number of aryl methyl sites for hydroxylation is 1. The third-order valence-corrected chi connectivity index (χ3v) is 3.95. The average molecular weight is 246 g/mol. The monoisotopic (exact) mass is 246 g/mol. The van der Waals surface area contributed by atoms with Gasteiger partial charge in [-0.15, -0.1) is 11.3 Å². The lowest BCUT2D eigenvalue weighted by atomic mass is 10.1. The summed E-state index contributed by atoms with van der Waals surface area (Å²) in [6.07, 6.45) is 4.27. The number of hydrogen-bond acceptors (Lipinski definition) is 4. The minimum atomic E-state index is 0.214. The Labute approximate surface area is 105 Å². The van der Waals surface area contributed by atoms with Crippen LogP contribution in [0.1, 0.15) is 29.6 Å². The van der Waals surface area contributed by atoms with Crippen LogP contribution in [0, 0.1) is 6.92 Å². The summed E-state index contributed by atoms with van der Waals surface area (Å²) in [5, 5.41) is 3.20. The van der Waals surface area contributed by atoms with E-state index in [0.29, 0.717) is 0 Å². The van der Waals surface area contributed by atoms with Gasteiger partial charge in [0.1, 0.15) is 11.1 Å². The van der Waals surface area contributed by atoms with Gasteiger partial charge in [-0.3, -0.25) is 4.98 Å². The Balaban J connectivity index is 1.92. The van der Waals surface area contributed by atoms with Gasteiger partial charge in [0.2, 0.25) is 0 Å². The molecule has 1 saturated heterocycles. The summed E-state index contributed by atoms with van der Waals surface area (Å²) in [4.78, 5) is 8.97. The van der Waals surface area contributed by atoms with Crippen molar-refractivity contribution in [3.63, 3.8) is 0 Å². The average Bonchev–Trinajstić information content (AvgIpc) is 3.00. The number of thiazole rings is 1. The molecule has 3 nitrogen and oxygen atoms in total. The maximum Gasteiger partial charge on any atom is 0.122 e. The summed E-state index contributed by atoms with van der Waals surface area (Å²) in [5.74, 6) is 0. The van der Waals surface area contributed by atoms with Gasteiger partial charge >= 0.3 is 0 Å². The summed E-state index contributed by atoms with van der Waals surface area (Å²) in [6.45, 7) is 2.88. The zero-order valence-electron chi connectivity index (χ0n) is 9.72. The van der Waals surface area contributed by atoms with Crippen LogP contribution in [-0.2, 0) is 4.74 Å². The highest BCUT2D eigenvalue weighted by Crippen LogP contribution is 2.33. The molecule has 0 N–H and O–H groups in total. The Bertz CT molecular complexity index is 518. The van der Waals surface area contributed by atoms with E-state index in [2.05, 4.69) is 21.4 Å². The first kappa shape index (κ1) is 10.9. The first-order chi connectivity index (χ1) is 8.34. The fraction of sp³-hybridized carbons (Fsp3) is 0.385. The summed E-state index contributed by atoms with van der Waals surface area (Å²) in [5.41, 5.74) is 3.16. The van der Waals surface area contributed by atoms with Crippen LogP contribution in [0.25, 0.3) is 11.3 Å². The van der Waals surface area contributed by atoms with E-state index in [4.69, 9.17) is 4.74 Å². The molecule has 0 amide bonds. The van der Waals surface area contributed by atoms with Crippen molar-refractivity contribution in [2.75, 3.05) is 6.61 Å². The Hall–Kier alpha value is -1.26. The van der Waals surface area contributed by atoms with E-state index in [1.54, 1.807) is 11.3 Å². The molecule has 1 fully saturated rings. The standard InChI is InChI=1S/C13H14N2OS/c1-9-10(4-2-6-14-9)11-8-17-13(15-11)12-5-3-7-16-12/h2,4,6,8,12H,3,5,7H2,1H3/t12-/m0/s1. The molecule has 0 spiro atoms. The molecule has 0 radical (unpaired) electrons. The number of nitrogens with zero attached hydrogens (tertiary/aromatic N) is 2. The maximum atomic E-state index is 5.65. The first-order valence-electron chi connectivity index (χ1n) is 5.83. The summed E-state index contributed by atoms with van der Waals surface area (Å²) in [7, 11) is 0. The van der Waals surface area contributed by atoms with Gasteiger partial charge in [-0.2, -0.15) is 0 Å². The minimum Gasteiger partial charge on any atom is -0.371 e. The number of aromatic nitrogens is 2. The van der Waals surface area contributed by atoms with Crippen molar-refractivity contribution in [1.82, 2.24) is 9.97 Å². The molecule has 0 saturated carbocycles. The summed E-state index contributed by atoms with van der Waals surface area (Å²) < 4.78 is 5.65. The second-order valence-corrected chi connectivity index (χ2v) is 5.10. The van der Waals surface area contributed by atoms with Crippen molar-refractivity contribution in [1.29, 1.82) is 0 Å². The minimum absolute atomic E-state index is 0.214. The molecule has 17 heavy (non-hydrogen) atoms. The van der Waals surface area contributed by atoms with Gasteiger partial charge in [0.25, 0.3) is 0 Å². The second kappa shape index (κ2) is 4.55. The van der Waals surface area contributed by atoms with Gasteiger partial charge in [-0.05, 0) is 31.9 Å². The van der Waals surface area contributed by atoms with Crippen molar-refractivity contribution in [3.05, 3.63) is 34.4 Å². The van der Waals surface area contributed by atoms with E-state index < -0.39 is 0 Å². The number of hydrogen-bond donors (Lipinski definition) is 0. The summed E-state index contributed by atoms with van der Waals surface area (Å²) in [6, 6.07) is 4.02. The highest BCUT2D eigenvalue weighted by Gasteiger charge is 2.21. The molecule has 1 atom stereocenters. The molecule has 1 aliphatic rings. The lowest BCUT2D eigenvalue weighted by Gasteiger charge is -2.04. The molecule has 0 aromatic carbocycles. The van der Waals surface area contributed by atoms with Gasteiger partial charge in [-0.25, -0.2) is 4.98 Å². The highest BCUT2D eigenvalue weighted by molar-refractivity contribution is 7.10. The maximum absolute atomic E-state index is 5.65. The fourth-order valence-electron chi connectivity index (χ4n) is 2.09. The van der Waals surface area contributed by atoms with Crippen LogP contribution < -0.4 is 0 Å². The Morgan fingerprint density at radius 3 is 3.18 bits per heavy atom. The molecule has 1 aliphatic heterocycles. The molecule has 88 valence electrons. The first-order valence-corrected chi connectivity index (χ1v) is 6.71. The van der Waals surface area contributed by atoms with Crippen LogP contribution in [0.15, 0.2) is 23.7 Å². The van der Waals surface area contributed by atoms with Gasteiger partial charge in [0.15, 0.2) is 0 Å². The van der Waals surface area contributed by atoms with Gasteiger partial charge in [0, 0.05) is 29.4 Å². The van der Waals surface area contributed by atoms with E-state index in [-0.39, 0.29) is 6.10 Å². The van der Waals surface area contributed by atoms with Crippen LogP contribution in [0.2, 0.25) is 0 Å². The van der Waals surface area contributed by atoms with Crippen LogP contribution in [-0.4, -0.2) is 16.6 Å². The number of rotatable bonds is 2. The molecule has 0 aliphatic carbocycles. The lowest BCUT2D eigenvalue weighted by Crippen LogP contribution is -1.95. The normalized spacial score (nSPS) is 19.7. The third kappa shape index (κ3) is 2.10. The third-order valence-electron chi connectivity index (χ3n) is 3.01. The molecule has 0 bridgehead atoms. The number of pyridine rings is 1. The Kier molecular flexibility index (Phi) is 2.91. The fourth-order valence-corrected chi connectivity index (χ4v) is 2.99. The molecule has 3 rings (SSSR count). The Morgan fingerprint density at radius 2 is 2.41 bits per heavy atom. The van der Waals surface area contributed by atoms with Crippen molar-refractivity contribution >= 4 is 11.3 Å². The predicted molar refractivity (Wildman–Crippen MR) is 68.0 cm³/mol. The second-order valence-electron chi connectivity index (χ2n) is 4.21. The lowest BCUT2D eigenvalue weighted by molar-refractivity contribution is 0.112. The smallest absolute Gasteiger partial charge is 0.122 e. The van der Waals surface area contributed by atoms with E-state index in [9.17, 15) is 0 Å². The van der Waals surface area contributed by atoms with Crippen LogP contribution in [0.3, 0.4) is 0 Å². The van der Waals surface area contributed by atoms with Gasteiger partial charge in [0.05, 0.1) is 5.69 Å². The molecular weight excluding hydrogens is 232 g/mol. The van der Waals surface area contributed by atoms with E-state index in [0.717, 1.165) is 41.4 Å². The van der Waals surface area contributed by atoms with E-state index in [1.807, 2.05) is 19.2 Å². The topological polar surface area (TPSA) is 35.0 Å². The van der Waals surface area contributed by atoms with Crippen molar-refractivity contribution < 1.29 is 4.74 Å². The quantitative estimate of drug-likeness (QED) is 0.815. The molecule has 4 heteroatoms. The largest absolute Gasteiger partial charge is 0.371 e. The molecule has 2 aromatic rings. The van der Waals surface area contributed by atoms with E-state index in [1.165, 1.54) is 0 Å². The molecule has 2 aromatic heterocycles. The Morgan fingerprint density at radius 1 is 1.47 bits per heavy atom. The zero-order valence-corrected chi connectivity index (χ0v) is 10.5. The van der Waals surface area contributed by atoms with Crippen molar-refractivity contribution in [2.45, 2.75) is 25.9 Å². The van der Waals surface area contributed by atoms with Gasteiger partial charge in [-0.1, -0.05) is 0 Å². The van der Waals surface area contributed by atoms with Crippen LogP contribution in [0.5, 0.6) is 0 Å². The predicted octanol–water partition coefficient (Wildman–Crippen LogP) is 3.37. The highest BCUT2D eigenvalue weighted by atomic mass is 32.1. The SMILES string of the molecule is Cc1ncccc1-c1csc([C@@H]2CCCO2)n1. The van der Waals surface area contributed by atoms with Crippen molar-refractivity contribution in [3.8, 4) is 11.3 Å². The summed E-state index contributed by atoms with van der Waals surface area (Å²) >= 11 is 1.69. The zero-order chi connectivity index (χ0) is 11.7. The molecule has 3 heterocycles. The van der Waals surface area contributed by atoms with Crippen LogP contribution in [0.4, 0.5) is 0 Å². The molecular formula is C13H14N2OS.